The molecule has 0 atom stereocenters. The van der Waals surface area contributed by atoms with Crippen molar-refractivity contribution in [2.24, 2.45) is 0 Å². The summed E-state index contributed by atoms with van der Waals surface area (Å²) in [6, 6.07) is 9.85. The molecule has 1 aromatic heterocycles. The minimum Gasteiger partial charge on any atom is -0.491 e. The van der Waals surface area contributed by atoms with Crippen LogP contribution < -0.4 is 14.4 Å². The van der Waals surface area contributed by atoms with Crippen molar-refractivity contribution in [2.45, 2.75) is 38.7 Å². The van der Waals surface area contributed by atoms with Crippen molar-refractivity contribution >= 4 is 21.5 Å². The summed E-state index contributed by atoms with van der Waals surface area (Å²) in [5.41, 5.74) is 0.961. The van der Waals surface area contributed by atoms with Crippen LogP contribution >= 0.6 is 0 Å². The van der Waals surface area contributed by atoms with E-state index in [0.717, 1.165) is 18.8 Å². The molecule has 0 aliphatic heterocycles. The zero-order chi connectivity index (χ0) is 18.4. The Bertz CT molecular complexity index is 768. The Kier molecular flexibility index (Phi) is 6.25. The van der Waals surface area contributed by atoms with Crippen molar-refractivity contribution in [3.8, 4) is 5.75 Å². The van der Waals surface area contributed by atoms with Gasteiger partial charge in [0.05, 0.1) is 22.9 Å². The third kappa shape index (κ3) is 5.09. The highest BCUT2D eigenvalue weighted by Gasteiger charge is 2.15. The lowest BCUT2D eigenvalue weighted by atomic mass is 10.3. The van der Waals surface area contributed by atoms with Crippen molar-refractivity contribution in [1.29, 1.82) is 0 Å². The predicted molar refractivity (Wildman–Crippen MR) is 101 cm³/mol. The predicted octanol–water partition coefficient (Wildman–Crippen LogP) is 3.52. The molecule has 1 N–H and O–H groups in total. The third-order valence-corrected chi connectivity index (χ3v) is 4.99. The van der Waals surface area contributed by atoms with Gasteiger partial charge in [0, 0.05) is 13.1 Å². The molecular weight excluding hydrogens is 338 g/mol. The number of hydrogen-bond acceptors (Lipinski definition) is 5. The number of nitrogens with one attached hydrogen (secondary N) is 1. The number of anilines is 2. The molecule has 1 heterocycles. The molecule has 0 saturated heterocycles. The molecule has 25 heavy (non-hydrogen) atoms. The molecule has 0 fully saturated rings. The highest BCUT2D eigenvalue weighted by Crippen LogP contribution is 2.20. The maximum atomic E-state index is 12.5. The summed E-state index contributed by atoms with van der Waals surface area (Å²) < 4.78 is 33.0. The van der Waals surface area contributed by atoms with Gasteiger partial charge >= 0.3 is 0 Å². The van der Waals surface area contributed by atoms with Crippen LogP contribution in [0.3, 0.4) is 0 Å². The number of sulfonamides is 1. The van der Waals surface area contributed by atoms with Crippen molar-refractivity contribution in [2.75, 3.05) is 22.7 Å². The van der Waals surface area contributed by atoms with Crippen molar-refractivity contribution in [1.82, 2.24) is 4.98 Å². The number of ether oxygens (including phenoxy) is 1. The summed E-state index contributed by atoms with van der Waals surface area (Å²) in [6.07, 6.45) is 1.71. The molecule has 6 nitrogen and oxygen atoms in total. The first-order valence-corrected chi connectivity index (χ1v) is 9.84. The summed E-state index contributed by atoms with van der Waals surface area (Å²) in [5, 5.41) is 0. The van der Waals surface area contributed by atoms with Crippen LogP contribution in [0.15, 0.2) is 47.5 Å². The Morgan fingerprint density at radius 3 is 2.20 bits per heavy atom. The molecule has 2 aromatic rings. The smallest absolute Gasteiger partial charge is 0.263 e. The number of aromatic nitrogens is 1. The Morgan fingerprint density at radius 1 is 1.08 bits per heavy atom. The van der Waals surface area contributed by atoms with Crippen LogP contribution in [0.25, 0.3) is 0 Å². The maximum Gasteiger partial charge on any atom is 0.263 e. The lowest BCUT2D eigenvalue weighted by Crippen LogP contribution is -2.22. The molecule has 0 unspecified atom stereocenters. The van der Waals surface area contributed by atoms with Gasteiger partial charge in [-0.3, -0.25) is 4.72 Å². The second-order valence-electron chi connectivity index (χ2n) is 5.82. The van der Waals surface area contributed by atoms with Crippen molar-refractivity contribution < 1.29 is 13.2 Å². The number of hydrogen-bond donors (Lipinski definition) is 1. The summed E-state index contributed by atoms with van der Waals surface area (Å²) in [5.74, 6) is 0.925. The monoisotopic (exact) mass is 363 g/mol. The minimum absolute atomic E-state index is 0.0362. The van der Waals surface area contributed by atoms with E-state index >= 15 is 0 Å². The topological polar surface area (TPSA) is 71.5 Å². The second kappa shape index (κ2) is 8.20. The zero-order valence-electron chi connectivity index (χ0n) is 15.1. The highest BCUT2D eigenvalue weighted by molar-refractivity contribution is 7.92. The summed E-state index contributed by atoms with van der Waals surface area (Å²) >= 11 is 0. The lowest BCUT2D eigenvalue weighted by Gasteiger charge is -2.20. The number of benzene rings is 1. The average Bonchev–Trinajstić information content (AvgIpc) is 2.57. The number of rotatable bonds is 8. The lowest BCUT2D eigenvalue weighted by molar-refractivity contribution is 0.242. The van der Waals surface area contributed by atoms with E-state index in [4.69, 9.17) is 4.74 Å². The van der Waals surface area contributed by atoms with Gasteiger partial charge in [0.15, 0.2) is 0 Å². The van der Waals surface area contributed by atoms with Crippen LogP contribution in [0.1, 0.15) is 27.7 Å². The summed E-state index contributed by atoms with van der Waals surface area (Å²) in [7, 11) is -3.68. The molecule has 2 rings (SSSR count). The summed E-state index contributed by atoms with van der Waals surface area (Å²) in [6.45, 7) is 9.70. The van der Waals surface area contributed by atoms with Crippen molar-refractivity contribution in [3.05, 3.63) is 42.6 Å². The average molecular weight is 363 g/mol. The second-order valence-corrected chi connectivity index (χ2v) is 7.50. The van der Waals surface area contributed by atoms with E-state index in [9.17, 15) is 8.42 Å². The largest absolute Gasteiger partial charge is 0.491 e. The van der Waals surface area contributed by atoms with Crippen LogP contribution in [0.5, 0.6) is 5.75 Å². The number of nitrogens with zero attached hydrogens (tertiary/aromatic N) is 2. The normalized spacial score (nSPS) is 11.4. The van der Waals surface area contributed by atoms with Gasteiger partial charge in [0.2, 0.25) is 0 Å². The molecule has 0 amide bonds. The molecule has 0 saturated carbocycles. The quantitative estimate of drug-likeness (QED) is 0.777. The molecule has 0 radical (unpaired) electrons. The fourth-order valence-electron chi connectivity index (χ4n) is 2.39. The van der Waals surface area contributed by atoms with E-state index in [-0.39, 0.29) is 11.0 Å². The molecule has 0 aliphatic carbocycles. The first-order valence-electron chi connectivity index (χ1n) is 8.36. The third-order valence-electron chi connectivity index (χ3n) is 3.62. The standard InChI is InChI=1S/C18H25N3O3S/c1-5-21(6-2)15-7-12-18(19-13-15)20-25(22,23)17-10-8-16(9-11-17)24-14(3)4/h7-14H,5-6H2,1-4H3,(H,19,20). The van der Waals surface area contributed by atoms with Gasteiger partial charge in [-0.2, -0.15) is 0 Å². The van der Waals surface area contributed by atoms with Gasteiger partial charge in [-0.15, -0.1) is 0 Å². The summed E-state index contributed by atoms with van der Waals surface area (Å²) in [4.78, 5) is 6.51. The Labute approximate surface area is 149 Å². The van der Waals surface area contributed by atoms with Gasteiger partial charge in [-0.1, -0.05) is 0 Å². The highest BCUT2D eigenvalue weighted by atomic mass is 32.2. The molecular formula is C18H25N3O3S. The molecule has 136 valence electrons. The van der Waals surface area contributed by atoms with Crippen LogP contribution in [0.4, 0.5) is 11.5 Å². The van der Waals surface area contributed by atoms with Gasteiger partial charge < -0.3 is 9.64 Å². The van der Waals surface area contributed by atoms with Crippen LogP contribution in [-0.4, -0.2) is 32.6 Å². The van der Waals surface area contributed by atoms with E-state index in [0.29, 0.717) is 11.6 Å². The Hall–Kier alpha value is -2.28. The molecule has 0 spiro atoms. The van der Waals surface area contributed by atoms with Crippen LogP contribution in [-0.2, 0) is 10.0 Å². The van der Waals surface area contributed by atoms with Gasteiger partial charge in [-0.05, 0) is 64.1 Å². The fraction of sp³-hybridized carbons (Fsp3) is 0.389. The molecule has 7 heteroatoms. The number of pyridine rings is 1. The van der Waals surface area contributed by atoms with Gasteiger partial charge in [0.25, 0.3) is 10.0 Å². The SMILES string of the molecule is CCN(CC)c1ccc(NS(=O)(=O)c2ccc(OC(C)C)cc2)nc1. The van der Waals surface area contributed by atoms with Crippen LogP contribution in [0.2, 0.25) is 0 Å². The first kappa shape index (κ1) is 19.1. The van der Waals surface area contributed by atoms with E-state index in [1.54, 1.807) is 24.4 Å². The van der Waals surface area contributed by atoms with Crippen molar-refractivity contribution in [3.63, 3.8) is 0 Å². The van der Waals surface area contributed by atoms with Gasteiger partial charge in [-0.25, -0.2) is 13.4 Å². The Morgan fingerprint density at radius 2 is 1.72 bits per heavy atom. The zero-order valence-corrected chi connectivity index (χ0v) is 15.9. The van der Waals surface area contributed by atoms with E-state index < -0.39 is 10.0 Å². The van der Waals surface area contributed by atoms with E-state index in [1.165, 1.54) is 12.1 Å². The van der Waals surface area contributed by atoms with Crippen LogP contribution in [0, 0.1) is 0 Å². The van der Waals surface area contributed by atoms with E-state index in [2.05, 4.69) is 28.5 Å². The van der Waals surface area contributed by atoms with E-state index in [1.807, 2.05) is 19.9 Å². The maximum absolute atomic E-state index is 12.5. The molecule has 1 aromatic carbocycles. The molecule has 0 bridgehead atoms. The first-order chi connectivity index (χ1) is 11.9. The Balaban J connectivity index is 2.12. The molecule has 0 aliphatic rings. The van der Waals surface area contributed by atoms with Gasteiger partial charge in [0.1, 0.15) is 11.6 Å². The minimum atomic E-state index is -3.68. The fourth-order valence-corrected chi connectivity index (χ4v) is 3.40.